The second-order valence-corrected chi connectivity index (χ2v) is 7.20. The minimum Gasteiger partial charge on any atom is -0.373 e. The Bertz CT molecular complexity index is 817. The van der Waals surface area contributed by atoms with E-state index in [1.807, 2.05) is 18.2 Å². The predicted molar refractivity (Wildman–Crippen MR) is 97.1 cm³/mol. The highest BCUT2D eigenvalue weighted by atomic mass is 79.9. The molecule has 1 heterocycles. The van der Waals surface area contributed by atoms with Crippen LogP contribution in [0.4, 0.5) is 11.4 Å². The predicted octanol–water partition coefficient (Wildman–Crippen LogP) is 3.68. The van der Waals surface area contributed by atoms with Crippen LogP contribution in [0, 0.1) is 0 Å². The summed E-state index contributed by atoms with van der Waals surface area (Å²) in [7, 11) is 0. The van der Waals surface area contributed by atoms with E-state index in [-0.39, 0.29) is 18.2 Å². The van der Waals surface area contributed by atoms with Gasteiger partial charge in [-0.15, -0.1) is 0 Å². The molecule has 4 rings (SSSR count). The minimum absolute atomic E-state index is 0.166. The van der Waals surface area contributed by atoms with Gasteiger partial charge in [0.15, 0.2) is 0 Å². The molecule has 1 aliphatic heterocycles. The molecule has 5 heteroatoms. The van der Waals surface area contributed by atoms with Gasteiger partial charge < -0.3 is 5.32 Å². The number of fused-ring (bicyclic) bond motifs is 1. The number of aryl methyl sites for hydroxylation is 2. The van der Waals surface area contributed by atoms with Crippen molar-refractivity contribution in [2.75, 3.05) is 10.2 Å². The van der Waals surface area contributed by atoms with Crippen LogP contribution in [0.2, 0.25) is 0 Å². The van der Waals surface area contributed by atoms with Gasteiger partial charge in [-0.1, -0.05) is 22.0 Å². The molecule has 1 N–H and O–H groups in total. The SMILES string of the molecule is O=C1CC(Nc2ccc3c(c2)CCC3)C(=O)N1c1ccc(Br)cc1. The first-order chi connectivity index (χ1) is 11.6. The van der Waals surface area contributed by atoms with Crippen molar-refractivity contribution in [2.24, 2.45) is 0 Å². The summed E-state index contributed by atoms with van der Waals surface area (Å²) >= 11 is 3.36. The Balaban J connectivity index is 1.54. The van der Waals surface area contributed by atoms with Gasteiger partial charge in [-0.05, 0) is 66.8 Å². The maximum atomic E-state index is 12.7. The van der Waals surface area contributed by atoms with Gasteiger partial charge in [0.25, 0.3) is 5.91 Å². The molecule has 2 aliphatic rings. The molecule has 1 fully saturated rings. The Kier molecular flexibility index (Phi) is 3.88. The monoisotopic (exact) mass is 384 g/mol. The molecule has 1 aliphatic carbocycles. The number of carbonyl (C=O) groups excluding carboxylic acids is 2. The summed E-state index contributed by atoms with van der Waals surface area (Å²) in [5.74, 6) is -0.358. The average Bonchev–Trinajstić information content (AvgIpc) is 3.13. The van der Waals surface area contributed by atoms with Crippen molar-refractivity contribution in [3.8, 4) is 0 Å². The van der Waals surface area contributed by atoms with E-state index in [9.17, 15) is 9.59 Å². The molecule has 2 aromatic carbocycles. The Morgan fingerprint density at radius 2 is 1.75 bits per heavy atom. The zero-order valence-electron chi connectivity index (χ0n) is 13.1. The molecule has 4 nitrogen and oxygen atoms in total. The summed E-state index contributed by atoms with van der Waals surface area (Å²) in [6.07, 6.45) is 3.60. The maximum Gasteiger partial charge on any atom is 0.256 e. The Morgan fingerprint density at radius 1 is 1.00 bits per heavy atom. The highest BCUT2D eigenvalue weighted by molar-refractivity contribution is 9.10. The van der Waals surface area contributed by atoms with E-state index in [0.29, 0.717) is 5.69 Å². The summed E-state index contributed by atoms with van der Waals surface area (Å²) in [5.41, 5.74) is 4.28. The van der Waals surface area contributed by atoms with Crippen LogP contribution in [0.1, 0.15) is 24.0 Å². The number of anilines is 2. The molecule has 0 spiro atoms. The third-order valence-electron chi connectivity index (χ3n) is 4.67. The normalized spacial score (nSPS) is 19.7. The number of amides is 2. The van der Waals surface area contributed by atoms with Gasteiger partial charge in [0.2, 0.25) is 5.91 Å². The lowest BCUT2D eigenvalue weighted by Crippen LogP contribution is -2.34. The van der Waals surface area contributed by atoms with Gasteiger partial charge in [-0.2, -0.15) is 0 Å². The lowest BCUT2D eigenvalue weighted by Gasteiger charge is -2.16. The number of rotatable bonds is 3. The number of halogens is 1. The molecule has 1 saturated heterocycles. The van der Waals surface area contributed by atoms with Crippen LogP contribution >= 0.6 is 15.9 Å². The Labute approximate surface area is 149 Å². The Hall–Kier alpha value is -2.14. The van der Waals surface area contributed by atoms with Gasteiger partial charge in [-0.3, -0.25) is 9.59 Å². The van der Waals surface area contributed by atoms with Gasteiger partial charge in [0.05, 0.1) is 12.1 Å². The molecule has 1 unspecified atom stereocenters. The number of nitrogens with one attached hydrogen (secondary N) is 1. The zero-order chi connectivity index (χ0) is 16.7. The van der Waals surface area contributed by atoms with Gasteiger partial charge in [0, 0.05) is 10.2 Å². The van der Waals surface area contributed by atoms with Crippen molar-refractivity contribution in [2.45, 2.75) is 31.7 Å². The van der Waals surface area contributed by atoms with Crippen molar-refractivity contribution in [3.63, 3.8) is 0 Å². The third-order valence-corrected chi connectivity index (χ3v) is 5.20. The lowest BCUT2D eigenvalue weighted by atomic mass is 10.1. The molecule has 0 aromatic heterocycles. The molecular weight excluding hydrogens is 368 g/mol. The first-order valence-corrected chi connectivity index (χ1v) is 8.92. The highest BCUT2D eigenvalue weighted by Gasteiger charge is 2.39. The summed E-state index contributed by atoms with van der Waals surface area (Å²) in [6, 6.07) is 13.0. The van der Waals surface area contributed by atoms with Crippen molar-refractivity contribution in [3.05, 3.63) is 58.1 Å². The number of hydrogen-bond donors (Lipinski definition) is 1. The zero-order valence-corrected chi connectivity index (χ0v) is 14.7. The molecule has 2 aromatic rings. The lowest BCUT2D eigenvalue weighted by molar-refractivity contribution is -0.121. The van der Waals surface area contributed by atoms with Gasteiger partial charge in [-0.25, -0.2) is 4.90 Å². The number of carbonyl (C=O) groups is 2. The number of hydrogen-bond acceptors (Lipinski definition) is 3. The van der Waals surface area contributed by atoms with Crippen LogP contribution in [0.3, 0.4) is 0 Å². The van der Waals surface area contributed by atoms with E-state index >= 15 is 0 Å². The molecule has 2 amide bonds. The van der Waals surface area contributed by atoms with Crippen molar-refractivity contribution in [1.82, 2.24) is 0 Å². The smallest absolute Gasteiger partial charge is 0.256 e. The molecule has 0 saturated carbocycles. The molecule has 0 bridgehead atoms. The summed E-state index contributed by atoms with van der Waals surface area (Å²) < 4.78 is 0.915. The number of imide groups is 1. The van der Waals surface area contributed by atoms with Crippen LogP contribution < -0.4 is 10.2 Å². The largest absolute Gasteiger partial charge is 0.373 e. The highest BCUT2D eigenvalue weighted by Crippen LogP contribution is 2.28. The average molecular weight is 385 g/mol. The van der Waals surface area contributed by atoms with Gasteiger partial charge in [0.1, 0.15) is 6.04 Å². The molecular formula is C19H17BrN2O2. The van der Waals surface area contributed by atoms with Crippen LogP contribution in [0.15, 0.2) is 46.9 Å². The van der Waals surface area contributed by atoms with E-state index in [4.69, 9.17) is 0 Å². The van der Waals surface area contributed by atoms with E-state index in [1.54, 1.807) is 12.1 Å². The number of nitrogens with zero attached hydrogens (tertiary/aromatic N) is 1. The fourth-order valence-corrected chi connectivity index (χ4v) is 3.73. The maximum absolute atomic E-state index is 12.7. The van der Waals surface area contributed by atoms with E-state index in [2.05, 4.69) is 33.4 Å². The van der Waals surface area contributed by atoms with E-state index < -0.39 is 6.04 Å². The third kappa shape index (κ3) is 2.73. The molecule has 24 heavy (non-hydrogen) atoms. The van der Waals surface area contributed by atoms with Crippen molar-refractivity contribution in [1.29, 1.82) is 0 Å². The van der Waals surface area contributed by atoms with Crippen LogP contribution in [0.25, 0.3) is 0 Å². The fourth-order valence-electron chi connectivity index (χ4n) is 3.47. The van der Waals surface area contributed by atoms with Gasteiger partial charge >= 0.3 is 0 Å². The topological polar surface area (TPSA) is 49.4 Å². The second kappa shape index (κ2) is 6.06. The van der Waals surface area contributed by atoms with Crippen LogP contribution in [0.5, 0.6) is 0 Å². The van der Waals surface area contributed by atoms with E-state index in [1.165, 1.54) is 22.4 Å². The van der Waals surface area contributed by atoms with E-state index in [0.717, 1.165) is 23.0 Å². The van der Waals surface area contributed by atoms with Crippen LogP contribution in [-0.4, -0.2) is 17.9 Å². The summed E-state index contributed by atoms with van der Waals surface area (Å²) in [6.45, 7) is 0. The van der Waals surface area contributed by atoms with Crippen molar-refractivity contribution < 1.29 is 9.59 Å². The standard InChI is InChI=1S/C19H17BrN2O2/c20-14-5-8-16(9-6-14)22-18(23)11-17(19(22)24)21-15-7-4-12-2-1-3-13(12)10-15/h4-10,17,21H,1-3,11H2. The molecule has 1 atom stereocenters. The number of benzene rings is 2. The second-order valence-electron chi connectivity index (χ2n) is 6.28. The van der Waals surface area contributed by atoms with Crippen LogP contribution in [-0.2, 0) is 22.4 Å². The first kappa shape index (κ1) is 15.4. The molecule has 0 radical (unpaired) electrons. The summed E-state index contributed by atoms with van der Waals surface area (Å²) in [4.78, 5) is 26.3. The fraction of sp³-hybridized carbons (Fsp3) is 0.263. The quantitative estimate of drug-likeness (QED) is 0.821. The first-order valence-electron chi connectivity index (χ1n) is 8.12. The van der Waals surface area contributed by atoms with Crippen molar-refractivity contribution >= 4 is 39.1 Å². The molecule has 122 valence electrons. The Morgan fingerprint density at radius 3 is 2.54 bits per heavy atom. The summed E-state index contributed by atoms with van der Waals surface area (Å²) in [5, 5.41) is 3.24. The minimum atomic E-state index is -0.499.